The largest absolute Gasteiger partial charge is 0.472 e. The van der Waals surface area contributed by atoms with Crippen molar-refractivity contribution in [1.82, 2.24) is 0 Å². The Morgan fingerprint density at radius 2 is 1.27 bits per heavy atom. The summed E-state index contributed by atoms with van der Waals surface area (Å²) in [5, 5.41) is 0. The van der Waals surface area contributed by atoms with Gasteiger partial charge < -0.3 is 20.1 Å². The monoisotopic (exact) mass is 641 g/mol. The molecule has 0 heterocycles. The van der Waals surface area contributed by atoms with Crippen LogP contribution in [-0.4, -0.2) is 49.9 Å². The lowest BCUT2D eigenvalue weighted by Crippen LogP contribution is -2.28. The van der Waals surface area contributed by atoms with Gasteiger partial charge in [0.2, 0.25) is 0 Å². The summed E-state index contributed by atoms with van der Waals surface area (Å²) in [6, 6.07) is 0. The quantitative estimate of drug-likeness (QED) is 0.0323. The fourth-order valence-corrected chi connectivity index (χ4v) is 4.99. The average Bonchev–Trinajstić information content (AvgIpc) is 3.01. The number of esters is 1. The maximum absolute atomic E-state index is 12.5. The Bertz CT molecular complexity index is 813. The maximum Gasteiger partial charge on any atom is 0.472 e. The van der Waals surface area contributed by atoms with E-state index in [1.807, 2.05) is 0 Å². The van der Waals surface area contributed by atoms with E-state index in [1.54, 1.807) is 0 Å². The van der Waals surface area contributed by atoms with E-state index in [4.69, 9.17) is 24.3 Å². The summed E-state index contributed by atoms with van der Waals surface area (Å²) in [5.74, 6) is -0.365. The molecule has 0 aliphatic rings. The number of phosphoric acid groups is 1. The molecule has 0 bridgehead atoms. The van der Waals surface area contributed by atoms with Gasteiger partial charge in [0.15, 0.2) is 0 Å². The highest BCUT2D eigenvalue weighted by atomic mass is 31.2. The molecule has 0 aliphatic heterocycles. The minimum Gasteiger partial charge on any atom is -0.457 e. The number of hydrogen-bond acceptors (Lipinski definition) is 7. The van der Waals surface area contributed by atoms with Gasteiger partial charge in [0.1, 0.15) is 6.10 Å². The van der Waals surface area contributed by atoms with Crippen LogP contribution in [0.3, 0.4) is 0 Å². The predicted octanol–water partition coefficient (Wildman–Crippen LogP) is 9.29. The minimum atomic E-state index is -4.28. The Kier molecular flexibility index (Phi) is 31.7. The SMILES string of the molecule is CC/C=C\C/C=C\C/C=C\CCCCCC(=O)OC(COCCCCCCCC/C=C\CCCC)COP(=O)(O)OCCN. The Hall–Kier alpha value is -1.54. The molecule has 0 saturated heterocycles. The van der Waals surface area contributed by atoms with Gasteiger partial charge in [0, 0.05) is 19.6 Å². The van der Waals surface area contributed by atoms with Crippen LogP contribution in [0.15, 0.2) is 48.6 Å². The third-order valence-electron chi connectivity index (χ3n) is 6.73. The summed E-state index contributed by atoms with van der Waals surface area (Å²) in [4.78, 5) is 22.3. The van der Waals surface area contributed by atoms with E-state index in [2.05, 4.69) is 62.5 Å². The number of ether oxygens (including phenoxy) is 2. The minimum absolute atomic E-state index is 0.0926. The highest BCUT2D eigenvalue weighted by Gasteiger charge is 2.25. The molecule has 9 heteroatoms. The van der Waals surface area contributed by atoms with E-state index in [0.717, 1.165) is 57.8 Å². The first-order chi connectivity index (χ1) is 21.4. The second-order valence-corrected chi connectivity index (χ2v) is 12.4. The van der Waals surface area contributed by atoms with Crippen LogP contribution < -0.4 is 5.73 Å². The number of carbonyl (C=O) groups is 1. The van der Waals surface area contributed by atoms with Crippen molar-refractivity contribution in [3.63, 3.8) is 0 Å². The summed E-state index contributed by atoms with van der Waals surface area (Å²) in [7, 11) is -4.28. The zero-order valence-corrected chi connectivity index (χ0v) is 28.8. The topological polar surface area (TPSA) is 117 Å². The Balaban J connectivity index is 4.22. The van der Waals surface area contributed by atoms with Crippen molar-refractivity contribution in [2.75, 3.05) is 33.0 Å². The van der Waals surface area contributed by atoms with E-state index in [0.29, 0.717) is 6.61 Å². The van der Waals surface area contributed by atoms with E-state index < -0.39 is 13.9 Å². The van der Waals surface area contributed by atoms with Crippen LogP contribution in [0.5, 0.6) is 0 Å². The summed E-state index contributed by atoms with van der Waals surface area (Å²) in [6.07, 6.45) is 35.5. The fourth-order valence-electron chi connectivity index (χ4n) is 4.22. The molecule has 0 amide bonds. The van der Waals surface area contributed by atoms with Gasteiger partial charge in [0.05, 0.1) is 19.8 Å². The third-order valence-corrected chi connectivity index (χ3v) is 7.71. The lowest BCUT2D eigenvalue weighted by molar-refractivity contribution is -0.154. The smallest absolute Gasteiger partial charge is 0.457 e. The van der Waals surface area contributed by atoms with E-state index in [-0.39, 0.29) is 38.8 Å². The number of phosphoric ester groups is 1. The number of nitrogens with two attached hydrogens (primary N) is 1. The average molecular weight is 642 g/mol. The van der Waals surface area contributed by atoms with Crippen LogP contribution in [-0.2, 0) is 27.9 Å². The zero-order valence-electron chi connectivity index (χ0n) is 27.9. The first-order valence-electron chi connectivity index (χ1n) is 17.1. The van der Waals surface area contributed by atoms with Gasteiger partial charge in [0.25, 0.3) is 0 Å². The van der Waals surface area contributed by atoms with Crippen molar-refractivity contribution >= 4 is 13.8 Å². The molecule has 0 saturated carbocycles. The molecule has 0 fully saturated rings. The lowest BCUT2D eigenvalue weighted by Gasteiger charge is -2.20. The molecule has 44 heavy (non-hydrogen) atoms. The van der Waals surface area contributed by atoms with E-state index >= 15 is 0 Å². The number of rotatable bonds is 32. The van der Waals surface area contributed by atoms with Gasteiger partial charge in [-0.25, -0.2) is 4.57 Å². The normalized spacial score (nSPS) is 14.4. The molecular formula is C35H64NO7P. The van der Waals surface area contributed by atoms with Gasteiger partial charge >= 0.3 is 13.8 Å². The molecule has 256 valence electrons. The summed E-state index contributed by atoms with van der Waals surface area (Å²) >= 11 is 0. The molecule has 0 aromatic carbocycles. The third kappa shape index (κ3) is 31.9. The first kappa shape index (κ1) is 42.5. The van der Waals surface area contributed by atoms with Gasteiger partial charge in [-0.1, -0.05) is 107 Å². The lowest BCUT2D eigenvalue weighted by atomic mass is 10.1. The van der Waals surface area contributed by atoms with Gasteiger partial charge in [-0.2, -0.15) is 0 Å². The second kappa shape index (κ2) is 32.8. The first-order valence-corrected chi connectivity index (χ1v) is 18.6. The van der Waals surface area contributed by atoms with Crippen LogP contribution in [0.1, 0.15) is 129 Å². The summed E-state index contributed by atoms with van der Waals surface area (Å²) in [6.45, 7) is 4.69. The van der Waals surface area contributed by atoms with Crippen molar-refractivity contribution in [2.45, 2.75) is 136 Å². The van der Waals surface area contributed by atoms with E-state index in [9.17, 15) is 14.3 Å². The number of hydrogen-bond donors (Lipinski definition) is 2. The van der Waals surface area contributed by atoms with Crippen LogP contribution in [0.4, 0.5) is 0 Å². The molecule has 2 atom stereocenters. The highest BCUT2D eigenvalue weighted by molar-refractivity contribution is 7.47. The molecule has 8 nitrogen and oxygen atoms in total. The molecule has 0 rings (SSSR count). The molecule has 0 radical (unpaired) electrons. The van der Waals surface area contributed by atoms with Crippen molar-refractivity contribution in [3.05, 3.63) is 48.6 Å². The molecule has 0 aromatic rings. The van der Waals surface area contributed by atoms with Crippen molar-refractivity contribution in [1.29, 1.82) is 0 Å². The molecule has 0 aliphatic carbocycles. The van der Waals surface area contributed by atoms with E-state index in [1.165, 1.54) is 51.4 Å². The number of allylic oxidation sites excluding steroid dienone is 8. The summed E-state index contributed by atoms with van der Waals surface area (Å²) < 4.78 is 33.1. The number of carbonyl (C=O) groups excluding carboxylic acids is 1. The number of unbranched alkanes of at least 4 members (excludes halogenated alkanes) is 11. The van der Waals surface area contributed by atoms with Gasteiger partial charge in [-0.15, -0.1) is 0 Å². The predicted molar refractivity (Wildman–Crippen MR) is 182 cm³/mol. The van der Waals surface area contributed by atoms with Crippen LogP contribution >= 0.6 is 7.82 Å². The highest BCUT2D eigenvalue weighted by Crippen LogP contribution is 2.43. The maximum atomic E-state index is 12.5. The van der Waals surface area contributed by atoms with Crippen LogP contribution in [0.2, 0.25) is 0 Å². The summed E-state index contributed by atoms with van der Waals surface area (Å²) in [5.41, 5.74) is 5.33. The van der Waals surface area contributed by atoms with Crippen molar-refractivity contribution in [3.8, 4) is 0 Å². The molecule has 3 N–H and O–H groups in total. The molecule has 2 unspecified atom stereocenters. The molecule has 0 spiro atoms. The molecule has 0 aromatic heterocycles. The Morgan fingerprint density at radius 1 is 0.705 bits per heavy atom. The standard InChI is InChI=1S/C35H64NO7P/c1-3-5-7-9-11-13-15-17-18-20-22-24-26-28-35(37)43-34(33-42-44(38,39)41-31-29-36)32-40-30-27-25-23-21-19-16-14-12-10-8-6-4-2/h5,7,10-13,17-18,34H,3-4,6,8-9,14-16,19-33,36H2,1-2H3,(H,38,39)/b7-5-,12-10-,13-11-,18-17-. The second-order valence-electron chi connectivity index (χ2n) is 11.0. The zero-order chi connectivity index (χ0) is 32.4. The fraction of sp³-hybridized carbons (Fsp3) is 0.743. The van der Waals surface area contributed by atoms with Gasteiger partial charge in [-0.3, -0.25) is 13.8 Å². The Morgan fingerprint density at radius 3 is 1.93 bits per heavy atom. The van der Waals surface area contributed by atoms with Crippen LogP contribution in [0.25, 0.3) is 0 Å². The van der Waals surface area contributed by atoms with Crippen molar-refractivity contribution < 1.29 is 32.8 Å². The Labute approximate surface area is 269 Å². The van der Waals surface area contributed by atoms with Crippen LogP contribution in [0, 0.1) is 0 Å². The van der Waals surface area contributed by atoms with Crippen molar-refractivity contribution in [2.24, 2.45) is 5.73 Å². The van der Waals surface area contributed by atoms with Gasteiger partial charge in [-0.05, 0) is 64.2 Å². The molecular weight excluding hydrogens is 577 g/mol.